The first-order valence-electron chi connectivity index (χ1n) is 3.44. The molecule has 0 N–H and O–H groups in total. The van der Waals surface area contributed by atoms with Crippen LogP contribution in [0.5, 0.6) is 5.75 Å². The molecule has 76 valence electrons. The Hall–Kier alpha value is -1.59. The van der Waals surface area contributed by atoms with Crippen LogP contribution in [-0.2, 0) is 0 Å². The summed E-state index contributed by atoms with van der Waals surface area (Å²) >= 11 is 0. The maximum Gasteiger partial charge on any atom is 0.573 e. The van der Waals surface area contributed by atoms with Crippen LogP contribution < -0.4 is 4.74 Å². The van der Waals surface area contributed by atoms with Crippen molar-refractivity contribution in [1.82, 2.24) is 0 Å². The van der Waals surface area contributed by atoms with Crippen molar-refractivity contribution >= 4 is 6.04 Å². The molecule has 0 heterocycles. The van der Waals surface area contributed by atoms with Crippen LogP contribution >= 0.6 is 0 Å². The Labute approximate surface area is 76.1 Å². The van der Waals surface area contributed by atoms with Crippen molar-refractivity contribution in [2.24, 2.45) is 0 Å². The van der Waals surface area contributed by atoms with Gasteiger partial charge in [-0.15, -0.1) is 13.2 Å². The smallest absolute Gasteiger partial charge is 0.406 e. The summed E-state index contributed by atoms with van der Waals surface area (Å²) in [7, 11) is 0. The zero-order chi connectivity index (χ0) is 10.8. The van der Waals surface area contributed by atoms with Gasteiger partial charge in [-0.2, -0.15) is 4.39 Å². The minimum absolute atomic E-state index is 0.320. The highest BCUT2D eigenvalue weighted by molar-refractivity contribution is 5.88. The van der Waals surface area contributed by atoms with Crippen LogP contribution in [0, 0.1) is 0 Å². The molecular formula is C8H4F4O2. The highest BCUT2D eigenvalue weighted by atomic mass is 19.4. The molecule has 0 bridgehead atoms. The van der Waals surface area contributed by atoms with Crippen molar-refractivity contribution < 1.29 is 27.1 Å². The van der Waals surface area contributed by atoms with Crippen LogP contribution in [0.2, 0.25) is 0 Å². The van der Waals surface area contributed by atoms with E-state index in [0.29, 0.717) is 0 Å². The molecule has 0 aliphatic carbocycles. The number of rotatable bonds is 2. The number of hydrogen-bond acceptors (Lipinski definition) is 2. The van der Waals surface area contributed by atoms with Crippen LogP contribution in [0.3, 0.4) is 0 Å². The van der Waals surface area contributed by atoms with E-state index in [1.165, 1.54) is 0 Å². The summed E-state index contributed by atoms with van der Waals surface area (Å²) in [5, 5.41) is 0. The third kappa shape index (κ3) is 3.04. The molecule has 0 spiro atoms. The molecule has 0 aliphatic rings. The van der Waals surface area contributed by atoms with Gasteiger partial charge in [-0.3, -0.25) is 4.79 Å². The summed E-state index contributed by atoms with van der Waals surface area (Å²) in [6.45, 7) is 0. The summed E-state index contributed by atoms with van der Waals surface area (Å²) < 4.78 is 50.4. The van der Waals surface area contributed by atoms with E-state index in [2.05, 4.69) is 4.74 Å². The Bertz CT molecular complexity index is 328. The summed E-state index contributed by atoms with van der Waals surface area (Å²) in [4.78, 5) is 10.1. The second-order valence-corrected chi connectivity index (χ2v) is 2.35. The van der Waals surface area contributed by atoms with Gasteiger partial charge in [0.2, 0.25) is 0 Å². The molecule has 0 saturated carbocycles. The maximum absolute atomic E-state index is 12.0. The van der Waals surface area contributed by atoms with Crippen LogP contribution in [0.15, 0.2) is 24.3 Å². The first-order valence-corrected chi connectivity index (χ1v) is 3.44. The fourth-order valence-electron chi connectivity index (χ4n) is 0.788. The quantitative estimate of drug-likeness (QED) is 0.551. The molecule has 0 atom stereocenters. The van der Waals surface area contributed by atoms with Crippen LogP contribution in [0.25, 0.3) is 0 Å². The molecule has 14 heavy (non-hydrogen) atoms. The number of alkyl halides is 3. The normalized spacial score (nSPS) is 11.1. The van der Waals surface area contributed by atoms with E-state index in [0.717, 1.165) is 24.3 Å². The molecule has 0 amide bonds. The number of carbonyl (C=O) groups is 1. The lowest BCUT2D eigenvalue weighted by Crippen LogP contribution is -2.17. The molecule has 2 nitrogen and oxygen atoms in total. The third-order valence-electron chi connectivity index (χ3n) is 1.31. The van der Waals surface area contributed by atoms with Gasteiger partial charge in [0, 0.05) is 0 Å². The molecular weight excluding hydrogens is 204 g/mol. The first kappa shape index (κ1) is 10.5. The Morgan fingerprint density at radius 2 is 1.64 bits per heavy atom. The molecule has 1 aromatic rings. The Balaban J connectivity index is 2.79. The summed E-state index contributed by atoms with van der Waals surface area (Å²) in [5.41, 5.74) is -0.320. The van der Waals surface area contributed by atoms with Crippen molar-refractivity contribution in [2.75, 3.05) is 0 Å². The second kappa shape index (κ2) is 3.65. The second-order valence-electron chi connectivity index (χ2n) is 2.35. The van der Waals surface area contributed by atoms with Crippen molar-refractivity contribution in [3.8, 4) is 5.75 Å². The van der Waals surface area contributed by atoms with Crippen LogP contribution in [-0.4, -0.2) is 12.4 Å². The third-order valence-corrected chi connectivity index (χ3v) is 1.31. The molecule has 0 aromatic heterocycles. The summed E-state index contributed by atoms with van der Waals surface area (Å²) in [5.74, 6) is -0.498. The van der Waals surface area contributed by atoms with Gasteiger partial charge in [-0.05, 0) is 24.3 Å². The van der Waals surface area contributed by atoms with E-state index in [1.807, 2.05) is 0 Å². The predicted octanol–water partition coefficient (Wildman–Crippen LogP) is 2.69. The first-order chi connectivity index (χ1) is 6.38. The average molecular weight is 208 g/mol. The van der Waals surface area contributed by atoms with Crippen molar-refractivity contribution in [1.29, 1.82) is 0 Å². The lowest BCUT2D eigenvalue weighted by atomic mass is 10.2. The fourth-order valence-corrected chi connectivity index (χ4v) is 0.788. The van der Waals surface area contributed by atoms with Gasteiger partial charge in [0.05, 0.1) is 5.56 Å². The number of benzene rings is 1. The average Bonchev–Trinajstić information content (AvgIpc) is 2.02. The Morgan fingerprint density at radius 1 is 1.14 bits per heavy atom. The highest BCUT2D eigenvalue weighted by Crippen LogP contribution is 2.22. The standard InChI is InChI=1S/C8H4F4O2/c9-7(13)5-1-3-6(4-2-5)14-8(10,11)12/h1-4H. The van der Waals surface area contributed by atoms with Gasteiger partial charge in [-0.25, -0.2) is 0 Å². The minimum atomic E-state index is -4.79. The number of ether oxygens (including phenoxy) is 1. The van der Waals surface area contributed by atoms with E-state index in [4.69, 9.17) is 0 Å². The minimum Gasteiger partial charge on any atom is -0.406 e. The van der Waals surface area contributed by atoms with Gasteiger partial charge >= 0.3 is 12.4 Å². The van der Waals surface area contributed by atoms with E-state index in [9.17, 15) is 22.4 Å². The monoisotopic (exact) mass is 208 g/mol. The molecule has 0 radical (unpaired) electrons. The van der Waals surface area contributed by atoms with Crippen LogP contribution in [0.4, 0.5) is 17.6 Å². The van der Waals surface area contributed by atoms with Crippen molar-refractivity contribution in [2.45, 2.75) is 6.36 Å². The molecule has 1 rings (SSSR count). The molecule has 0 saturated heterocycles. The van der Waals surface area contributed by atoms with E-state index < -0.39 is 18.1 Å². The van der Waals surface area contributed by atoms with Gasteiger partial charge in [0.15, 0.2) is 0 Å². The van der Waals surface area contributed by atoms with Gasteiger partial charge < -0.3 is 4.74 Å². The SMILES string of the molecule is O=C(F)c1ccc(OC(F)(F)F)cc1. The lowest BCUT2D eigenvalue weighted by Gasteiger charge is -2.08. The van der Waals surface area contributed by atoms with E-state index in [1.54, 1.807) is 0 Å². The zero-order valence-corrected chi connectivity index (χ0v) is 6.64. The summed E-state index contributed by atoms with van der Waals surface area (Å²) in [6.07, 6.45) is -4.79. The van der Waals surface area contributed by atoms with Crippen molar-refractivity contribution in [3.05, 3.63) is 29.8 Å². The van der Waals surface area contributed by atoms with Crippen molar-refractivity contribution in [3.63, 3.8) is 0 Å². The Kier molecular flexibility index (Phi) is 2.73. The van der Waals surface area contributed by atoms with Crippen LogP contribution in [0.1, 0.15) is 10.4 Å². The fraction of sp³-hybridized carbons (Fsp3) is 0.125. The summed E-state index contributed by atoms with van der Waals surface area (Å²) in [6, 6.07) is 1.83. The molecule has 0 aliphatic heterocycles. The van der Waals surface area contributed by atoms with Gasteiger partial charge in [-0.1, -0.05) is 0 Å². The molecule has 0 unspecified atom stereocenters. The number of hydrogen-bond donors (Lipinski definition) is 0. The largest absolute Gasteiger partial charge is 0.573 e. The molecule has 6 heteroatoms. The number of carbonyl (C=O) groups excluding carboxylic acids is 1. The molecule has 1 aromatic carbocycles. The van der Waals surface area contributed by atoms with Gasteiger partial charge in [0.25, 0.3) is 0 Å². The zero-order valence-electron chi connectivity index (χ0n) is 6.64. The van der Waals surface area contributed by atoms with E-state index >= 15 is 0 Å². The Morgan fingerprint density at radius 3 is 2.00 bits per heavy atom. The molecule has 0 fully saturated rings. The topological polar surface area (TPSA) is 26.3 Å². The highest BCUT2D eigenvalue weighted by Gasteiger charge is 2.30. The number of halogens is 4. The maximum atomic E-state index is 12.0. The van der Waals surface area contributed by atoms with E-state index in [-0.39, 0.29) is 5.56 Å². The lowest BCUT2D eigenvalue weighted by molar-refractivity contribution is -0.274. The van der Waals surface area contributed by atoms with Gasteiger partial charge in [0.1, 0.15) is 5.75 Å². The predicted molar refractivity (Wildman–Crippen MR) is 38.6 cm³/mol.